The van der Waals surface area contributed by atoms with Gasteiger partial charge in [0.1, 0.15) is 30.7 Å². The van der Waals surface area contributed by atoms with Gasteiger partial charge in [0, 0.05) is 5.71 Å². The van der Waals surface area contributed by atoms with Crippen LogP contribution in [-0.4, -0.2) is 69.0 Å². The van der Waals surface area contributed by atoms with Crippen molar-refractivity contribution in [3.8, 4) is 5.75 Å². The number of Topliss-reactive ketones (excluding diaryl/α,β-unsaturated/α-hetero) is 1. The van der Waals surface area contributed by atoms with E-state index < -0.39 is 29.9 Å². The van der Waals surface area contributed by atoms with Crippen molar-refractivity contribution in [3.05, 3.63) is 40.7 Å². The lowest BCUT2D eigenvalue weighted by Crippen LogP contribution is -2.40. The van der Waals surface area contributed by atoms with E-state index in [-0.39, 0.29) is 42.1 Å². The number of hydrogen-bond acceptors (Lipinski definition) is 11. The van der Waals surface area contributed by atoms with Crippen molar-refractivity contribution in [2.75, 3.05) is 24.7 Å². The van der Waals surface area contributed by atoms with E-state index in [1.807, 2.05) is 24.3 Å². The van der Waals surface area contributed by atoms with Crippen LogP contribution in [0.1, 0.15) is 62.0 Å². The number of nitrogen functional groups attached to an aromatic ring is 2. The Morgan fingerprint density at radius 1 is 1.21 bits per heavy atom. The van der Waals surface area contributed by atoms with Gasteiger partial charge in [-0.1, -0.05) is 30.2 Å². The highest BCUT2D eigenvalue weighted by Gasteiger charge is 2.44. The minimum Gasteiger partial charge on any atom is -0.491 e. The molecule has 208 valence electrons. The minimum atomic E-state index is -0.958. The molecule has 3 rings (SSSR count). The number of nitrogens with two attached hydrogens (primary N) is 2. The Labute approximate surface area is 227 Å². The van der Waals surface area contributed by atoms with Crippen LogP contribution in [0.25, 0.3) is 0 Å². The summed E-state index contributed by atoms with van der Waals surface area (Å²) in [6.45, 7) is 3.22. The molecule has 38 heavy (non-hydrogen) atoms. The summed E-state index contributed by atoms with van der Waals surface area (Å²) in [4.78, 5) is 20.1. The Balaban J connectivity index is 1.37. The van der Waals surface area contributed by atoms with E-state index in [1.165, 1.54) is 0 Å². The maximum absolute atomic E-state index is 12.4. The lowest BCUT2D eigenvalue weighted by Gasteiger charge is -2.22. The van der Waals surface area contributed by atoms with Gasteiger partial charge < -0.3 is 41.3 Å². The third kappa shape index (κ3) is 8.34. The molecule has 0 radical (unpaired) electrons. The standard InChI is InChI=1S/C26H36ClN5O6/c1-26(2)37-20(13-33)22(38-26)19(35)14-36-17-10-6-8-15(11-17)7-4-3-5-9-16(28)12-18(34)21-24(29)32-25(30)23(27)31-21/h6,8,10-11,19-20,22,28,33,35H,3-5,7,9,12-14H2,1-2H3,(H4,29,30,32)/t19-,20+,22-/m1/s1. The predicted molar refractivity (Wildman–Crippen MR) is 144 cm³/mol. The molecular formula is C26H36ClN5O6. The molecule has 7 N–H and O–H groups in total. The van der Waals surface area contributed by atoms with Crippen molar-refractivity contribution in [1.29, 1.82) is 5.41 Å². The number of nitrogens with zero attached hydrogens (tertiary/aromatic N) is 2. The van der Waals surface area contributed by atoms with E-state index in [0.717, 1.165) is 31.2 Å². The van der Waals surface area contributed by atoms with Gasteiger partial charge in [-0.05, 0) is 57.2 Å². The van der Waals surface area contributed by atoms with Gasteiger partial charge in [-0.2, -0.15) is 0 Å². The largest absolute Gasteiger partial charge is 0.491 e. The first-order valence-corrected chi connectivity index (χ1v) is 12.9. The number of rotatable bonds is 14. The molecule has 0 spiro atoms. The average Bonchev–Trinajstić information content (AvgIpc) is 3.19. The van der Waals surface area contributed by atoms with Crippen LogP contribution in [0.15, 0.2) is 24.3 Å². The normalized spacial score (nSPS) is 19.3. The van der Waals surface area contributed by atoms with E-state index >= 15 is 0 Å². The molecule has 1 aromatic carbocycles. The summed E-state index contributed by atoms with van der Waals surface area (Å²) in [5.41, 5.74) is 12.6. The second-order valence-corrected chi connectivity index (χ2v) is 10.1. The predicted octanol–water partition coefficient (Wildman–Crippen LogP) is 2.94. The van der Waals surface area contributed by atoms with Crippen LogP contribution in [0.5, 0.6) is 5.75 Å². The number of ether oxygens (including phenoxy) is 3. The number of unbranched alkanes of at least 4 members (excludes halogenated alkanes) is 2. The SMILES string of the molecule is CC1(C)O[C@H]([C@H](O)COc2cccc(CCCCCC(=N)CC(=O)c3nc(Cl)c(N)nc3N)c2)[C@H](CO)O1. The minimum absolute atomic E-state index is 0.00466. The fraction of sp³-hybridized carbons (Fsp3) is 0.538. The molecule has 0 aliphatic carbocycles. The molecule has 1 saturated heterocycles. The summed E-state index contributed by atoms with van der Waals surface area (Å²) in [7, 11) is 0. The van der Waals surface area contributed by atoms with E-state index in [1.54, 1.807) is 13.8 Å². The lowest BCUT2D eigenvalue weighted by molar-refractivity contribution is -0.158. The molecule has 0 unspecified atom stereocenters. The molecule has 1 aliphatic rings. The summed E-state index contributed by atoms with van der Waals surface area (Å²) < 4.78 is 17.1. The van der Waals surface area contributed by atoms with Crippen LogP contribution >= 0.6 is 11.6 Å². The molecule has 3 atom stereocenters. The maximum atomic E-state index is 12.4. The van der Waals surface area contributed by atoms with Crippen LogP contribution in [0.2, 0.25) is 5.15 Å². The number of hydrogen-bond donors (Lipinski definition) is 5. The van der Waals surface area contributed by atoms with Gasteiger partial charge >= 0.3 is 0 Å². The zero-order valence-electron chi connectivity index (χ0n) is 21.7. The molecule has 12 heteroatoms. The van der Waals surface area contributed by atoms with Gasteiger partial charge in [-0.3, -0.25) is 4.79 Å². The van der Waals surface area contributed by atoms with Crippen molar-refractivity contribution in [2.45, 2.75) is 76.5 Å². The van der Waals surface area contributed by atoms with E-state index in [9.17, 15) is 15.0 Å². The van der Waals surface area contributed by atoms with Crippen molar-refractivity contribution in [2.24, 2.45) is 0 Å². The molecule has 2 heterocycles. The molecule has 1 fully saturated rings. The van der Waals surface area contributed by atoms with Gasteiger partial charge in [0.05, 0.1) is 13.0 Å². The molecule has 11 nitrogen and oxygen atoms in total. The monoisotopic (exact) mass is 549 g/mol. The summed E-state index contributed by atoms with van der Waals surface area (Å²) in [6, 6.07) is 7.64. The summed E-state index contributed by atoms with van der Waals surface area (Å²) >= 11 is 5.83. The Morgan fingerprint density at radius 3 is 2.71 bits per heavy atom. The number of aliphatic hydroxyl groups is 2. The Bertz CT molecular complexity index is 1130. The molecule has 0 saturated carbocycles. The Morgan fingerprint density at radius 2 is 1.97 bits per heavy atom. The molecule has 1 aliphatic heterocycles. The number of aliphatic hydroxyl groups excluding tert-OH is 2. The second kappa shape index (κ2) is 13.3. The topological polar surface area (TPSA) is 187 Å². The lowest BCUT2D eigenvalue weighted by atomic mass is 10.0. The first kappa shape index (κ1) is 29.7. The number of aryl methyl sites for hydroxylation is 1. The van der Waals surface area contributed by atoms with Crippen LogP contribution in [0, 0.1) is 5.41 Å². The maximum Gasteiger partial charge on any atom is 0.190 e. The van der Waals surface area contributed by atoms with E-state index in [4.69, 9.17) is 42.7 Å². The first-order chi connectivity index (χ1) is 18.0. The number of halogens is 1. The number of aromatic nitrogens is 2. The quantitative estimate of drug-likeness (QED) is 0.133. The van der Waals surface area contributed by atoms with Crippen LogP contribution in [0.3, 0.4) is 0 Å². The third-order valence-electron chi connectivity index (χ3n) is 6.09. The van der Waals surface area contributed by atoms with Crippen molar-refractivity contribution in [3.63, 3.8) is 0 Å². The molecule has 2 aromatic rings. The van der Waals surface area contributed by atoms with Gasteiger partial charge in [-0.15, -0.1) is 0 Å². The van der Waals surface area contributed by atoms with Crippen molar-refractivity contribution < 1.29 is 29.2 Å². The Hall–Kier alpha value is -2.83. The fourth-order valence-corrected chi connectivity index (χ4v) is 4.38. The average molecular weight is 550 g/mol. The fourth-order valence-electron chi connectivity index (χ4n) is 4.25. The van der Waals surface area contributed by atoms with Crippen molar-refractivity contribution >= 4 is 34.7 Å². The van der Waals surface area contributed by atoms with Crippen LogP contribution in [-0.2, 0) is 15.9 Å². The number of nitrogens with one attached hydrogen (secondary N) is 1. The molecule has 1 aromatic heterocycles. The smallest absolute Gasteiger partial charge is 0.190 e. The third-order valence-corrected chi connectivity index (χ3v) is 6.36. The van der Waals surface area contributed by atoms with Gasteiger partial charge in [0.25, 0.3) is 0 Å². The molecule has 0 amide bonds. The molecule has 0 bridgehead atoms. The highest BCUT2D eigenvalue weighted by atomic mass is 35.5. The number of carbonyl (C=O) groups is 1. The van der Waals surface area contributed by atoms with Gasteiger partial charge in [0.15, 0.2) is 34.1 Å². The highest BCUT2D eigenvalue weighted by Crippen LogP contribution is 2.30. The van der Waals surface area contributed by atoms with Crippen LogP contribution in [0.4, 0.5) is 11.6 Å². The zero-order valence-corrected chi connectivity index (χ0v) is 22.4. The van der Waals surface area contributed by atoms with Gasteiger partial charge in [0.2, 0.25) is 0 Å². The zero-order chi connectivity index (χ0) is 27.9. The van der Waals surface area contributed by atoms with Gasteiger partial charge in [-0.25, -0.2) is 9.97 Å². The Kier molecular flexibility index (Phi) is 10.4. The summed E-state index contributed by atoms with van der Waals surface area (Å²) in [6.07, 6.45) is 1.51. The number of carbonyl (C=O) groups excluding carboxylic acids is 1. The van der Waals surface area contributed by atoms with E-state index in [0.29, 0.717) is 17.9 Å². The number of ketones is 1. The number of benzene rings is 1. The van der Waals surface area contributed by atoms with Crippen molar-refractivity contribution in [1.82, 2.24) is 9.97 Å². The summed E-state index contributed by atoms with van der Waals surface area (Å²) in [5, 5.41) is 28.0. The second-order valence-electron chi connectivity index (χ2n) is 9.74. The highest BCUT2D eigenvalue weighted by molar-refractivity contribution is 6.31. The number of anilines is 2. The van der Waals surface area contributed by atoms with Crippen LogP contribution < -0.4 is 16.2 Å². The first-order valence-electron chi connectivity index (χ1n) is 12.5. The molecular weight excluding hydrogens is 514 g/mol. The summed E-state index contributed by atoms with van der Waals surface area (Å²) in [5.74, 6) is -0.790. The van der Waals surface area contributed by atoms with E-state index in [2.05, 4.69) is 9.97 Å².